The molecule has 22 heavy (non-hydrogen) atoms. The zero-order chi connectivity index (χ0) is 16.8. The van der Waals surface area contributed by atoms with Gasteiger partial charge < -0.3 is 14.8 Å². The lowest BCUT2D eigenvalue weighted by atomic mass is 10.1. The van der Waals surface area contributed by atoms with Crippen LogP contribution in [0.1, 0.15) is 47.1 Å². The Bertz CT molecular complexity index is 451. The molecule has 0 aliphatic heterocycles. The largest absolute Gasteiger partial charge is 0.460 e. The Morgan fingerprint density at radius 3 is 2.23 bits per heavy atom. The zero-order valence-corrected chi connectivity index (χ0v) is 14.6. The smallest absolute Gasteiger partial charge is 0.326 e. The van der Waals surface area contributed by atoms with E-state index in [4.69, 9.17) is 9.47 Å². The van der Waals surface area contributed by atoms with Crippen LogP contribution >= 0.6 is 0 Å². The summed E-state index contributed by atoms with van der Waals surface area (Å²) in [4.78, 5) is 12.4. The van der Waals surface area contributed by atoms with E-state index in [9.17, 15) is 4.79 Å². The number of carbonyl (C=O) groups is 1. The van der Waals surface area contributed by atoms with E-state index in [1.807, 2.05) is 71.9 Å². The van der Waals surface area contributed by atoms with Gasteiger partial charge in [0.25, 0.3) is 0 Å². The van der Waals surface area contributed by atoms with Crippen LogP contribution in [-0.4, -0.2) is 29.8 Å². The van der Waals surface area contributed by atoms with Gasteiger partial charge in [-0.3, -0.25) is 4.79 Å². The molecule has 2 atom stereocenters. The predicted octanol–water partition coefficient (Wildman–Crippen LogP) is 3.30. The van der Waals surface area contributed by atoms with Gasteiger partial charge in [-0.2, -0.15) is 0 Å². The van der Waals surface area contributed by atoms with Crippen molar-refractivity contribution in [3.8, 4) is 0 Å². The lowest BCUT2D eigenvalue weighted by Crippen LogP contribution is -2.51. The number of benzene rings is 1. The highest BCUT2D eigenvalue weighted by atomic mass is 16.5. The van der Waals surface area contributed by atoms with E-state index in [1.54, 1.807) is 0 Å². The first-order chi connectivity index (χ1) is 10.2. The minimum atomic E-state index is -0.483. The Kier molecular flexibility index (Phi) is 7.04. The first-order valence-corrected chi connectivity index (χ1v) is 7.83. The van der Waals surface area contributed by atoms with Gasteiger partial charge in [0.1, 0.15) is 12.6 Å². The van der Waals surface area contributed by atoms with Crippen LogP contribution in [0.25, 0.3) is 0 Å². The fourth-order valence-electron chi connectivity index (χ4n) is 2.20. The van der Waals surface area contributed by atoms with Crippen molar-refractivity contribution in [1.29, 1.82) is 0 Å². The van der Waals surface area contributed by atoms with Crippen molar-refractivity contribution < 1.29 is 14.3 Å². The fourth-order valence-corrected chi connectivity index (χ4v) is 2.20. The molecule has 0 saturated carbocycles. The SMILES string of the molecule is CC(C)NC(C(=O)OCc1ccccc1)C(C)OC(C)(C)C. The molecule has 4 heteroatoms. The van der Waals surface area contributed by atoms with Crippen molar-refractivity contribution >= 4 is 5.97 Å². The Balaban J connectivity index is 2.67. The monoisotopic (exact) mass is 307 g/mol. The molecule has 4 nitrogen and oxygen atoms in total. The van der Waals surface area contributed by atoms with Gasteiger partial charge in [-0.25, -0.2) is 0 Å². The molecule has 1 N–H and O–H groups in total. The minimum Gasteiger partial charge on any atom is -0.460 e. The average Bonchev–Trinajstić information content (AvgIpc) is 2.41. The van der Waals surface area contributed by atoms with E-state index < -0.39 is 6.04 Å². The number of esters is 1. The molecule has 0 fully saturated rings. The van der Waals surface area contributed by atoms with E-state index in [2.05, 4.69) is 5.32 Å². The molecule has 0 bridgehead atoms. The lowest BCUT2D eigenvalue weighted by Gasteiger charge is -2.31. The topological polar surface area (TPSA) is 47.6 Å². The molecule has 0 saturated heterocycles. The highest BCUT2D eigenvalue weighted by Crippen LogP contribution is 2.15. The van der Waals surface area contributed by atoms with E-state index in [-0.39, 0.29) is 30.3 Å². The third-order valence-electron chi connectivity index (χ3n) is 3.00. The Morgan fingerprint density at radius 1 is 1.14 bits per heavy atom. The molecule has 1 rings (SSSR count). The third-order valence-corrected chi connectivity index (χ3v) is 3.00. The van der Waals surface area contributed by atoms with Crippen LogP contribution in [0.5, 0.6) is 0 Å². The molecular weight excluding hydrogens is 278 g/mol. The molecule has 0 aliphatic rings. The first kappa shape index (κ1) is 18.7. The number of nitrogens with one attached hydrogen (secondary N) is 1. The Hall–Kier alpha value is -1.39. The van der Waals surface area contributed by atoms with Gasteiger partial charge in [0.05, 0.1) is 11.7 Å². The molecule has 0 radical (unpaired) electrons. The first-order valence-electron chi connectivity index (χ1n) is 7.83. The number of carbonyl (C=O) groups excluding carboxylic acids is 1. The number of rotatable bonds is 7. The van der Waals surface area contributed by atoms with Crippen LogP contribution in [0.3, 0.4) is 0 Å². The minimum absolute atomic E-state index is 0.167. The van der Waals surface area contributed by atoms with Crippen LogP contribution in [0.15, 0.2) is 30.3 Å². The van der Waals surface area contributed by atoms with Crippen LogP contribution in [0.4, 0.5) is 0 Å². The zero-order valence-electron chi connectivity index (χ0n) is 14.6. The maximum absolute atomic E-state index is 12.4. The molecule has 0 aromatic heterocycles. The second-order valence-electron chi connectivity index (χ2n) is 6.83. The van der Waals surface area contributed by atoms with Gasteiger partial charge in [0, 0.05) is 6.04 Å². The third kappa shape index (κ3) is 7.05. The summed E-state index contributed by atoms with van der Waals surface area (Å²) < 4.78 is 11.4. The Labute approximate surface area is 134 Å². The highest BCUT2D eigenvalue weighted by Gasteiger charge is 2.30. The second-order valence-corrected chi connectivity index (χ2v) is 6.83. The quantitative estimate of drug-likeness (QED) is 0.785. The highest BCUT2D eigenvalue weighted by molar-refractivity contribution is 5.76. The van der Waals surface area contributed by atoms with E-state index in [0.717, 1.165) is 5.56 Å². The van der Waals surface area contributed by atoms with E-state index in [0.29, 0.717) is 0 Å². The van der Waals surface area contributed by atoms with Crippen LogP contribution in [0.2, 0.25) is 0 Å². The maximum atomic E-state index is 12.4. The summed E-state index contributed by atoms with van der Waals surface area (Å²) in [6, 6.07) is 9.36. The molecule has 0 heterocycles. The molecule has 1 aromatic carbocycles. The molecule has 0 spiro atoms. The van der Waals surface area contributed by atoms with E-state index >= 15 is 0 Å². The molecule has 1 aromatic rings. The van der Waals surface area contributed by atoms with Crippen molar-refractivity contribution in [2.45, 2.75) is 71.9 Å². The summed E-state index contributed by atoms with van der Waals surface area (Å²) in [7, 11) is 0. The standard InChI is InChI=1S/C18H29NO3/c1-13(2)19-16(14(3)22-18(4,5)6)17(20)21-12-15-10-8-7-9-11-15/h7-11,13-14,16,19H,12H2,1-6H3. The van der Waals surface area contributed by atoms with Crippen molar-refractivity contribution in [2.75, 3.05) is 0 Å². The van der Waals surface area contributed by atoms with Gasteiger partial charge in [-0.15, -0.1) is 0 Å². The van der Waals surface area contributed by atoms with Gasteiger partial charge in [0.15, 0.2) is 0 Å². The van der Waals surface area contributed by atoms with Crippen molar-refractivity contribution in [1.82, 2.24) is 5.32 Å². The molecule has 124 valence electrons. The number of hydrogen-bond acceptors (Lipinski definition) is 4. The van der Waals surface area contributed by atoms with Gasteiger partial charge in [-0.05, 0) is 33.3 Å². The van der Waals surface area contributed by atoms with Crippen LogP contribution in [-0.2, 0) is 20.9 Å². The van der Waals surface area contributed by atoms with E-state index in [1.165, 1.54) is 0 Å². The summed E-state index contributed by atoms with van der Waals surface area (Å²) >= 11 is 0. The summed E-state index contributed by atoms with van der Waals surface area (Å²) in [6.45, 7) is 12.1. The summed E-state index contributed by atoms with van der Waals surface area (Å²) in [5.41, 5.74) is 0.666. The van der Waals surface area contributed by atoms with Crippen molar-refractivity contribution in [2.24, 2.45) is 0 Å². The maximum Gasteiger partial charge on any atom is 0.326 e. The second kappa shape index (κ2) is 8.30. The molecule has 2 unspecified atom stereocenters. The normalized spacial score (nSPS) is 14.7. The fraction of sp³-hybridized carbons (Fsp3) is 0.611. The molecular formula is C18H29NO3. The van der Waals surface area contributed by atoms with Crippen LogP contribution < -0.4 is 5.32 Å². The summed E-state index contributed by atoms with van der Waals surface area (Å²) in [5, 5.41) is 3.24. The molecule has 0 aliphatic carbocycles. The van der Waals surface area contributed by atoms with Gasteiger partial charge in [0.2, 0.25) is 0 Å². The van der Waals surface area contributed by atoms with Crippen LogP contribution in [0, 0.1) is 0 Å². The number of hydrogen-bond donors (Lipinski definition) is 1. The average molecular weight is 307 g/mol. The van der Waals surface area contributed by atoms with Crippen molar-refractivity contribution in [3.63, 3.8) is 0 Å². The van der Waals surface area contributed by atoms with Gasteiger partial charge in [-0.1, -0.05) is 44.2 Å². The summed E-state index contributed by atoms with van der Waals surface area (Å²) in [6.07, 6.45) is -0.273. The Morgan fingerprint density at radius 2 is 1.73 bits per heavy atom. The molecule has 0 amide bonds. The lowest BCUT2D eigenvalue weighted by molar-refractivity contribution is -0.155. The summed E-state index contributed by atoms with van der Waals surface area (Å²) in [5.74, 6) is -0.283. The number of ether oxygens (including phenoxy) is 2. The van der Waals surface area contributed by atoms with Crippen molar-refractivity contribution in [3.05, 3.63) is 35.9 Å². The van der Waals surface area contributed by atoms with Gasteiger partial charge >= 0.3 is 5.97 Å². The predicted molar refractivity (Wildman–Crippen MR) is 88.6 cm³/mol.